The molecule has 0 aliphatic heterocycles. The molecule has 0 unspecified atom stereocenters. The highest BCUT2D eigenvalue weighted by Crippen LogP contribution is 2.21. The molecule has 0 fully saturated rings. The Morgan fingerprint density at radius 1 is 0.722 bits per heavy atom. The van der Waals surface area contributed by atoms with Gasteiger partial charge in [-0.1, -0.05) is 36.4 Å². The first-order valence-electron chi connectivity index (χ1n) is 5.84. The van der Waals surface area contributed by atoms with Gasteiger partial charge in [0.05, 0.1) is 16.9 Å². The molecule has 0 amide bonds. The molecule has 0 bridgehead atoms. The van der Waals surface area contributed by atoms with Crippen LogP contribution in [0.2, 0.25) is 0 Å². The highest BCUT2D eigenvalue weighted by atomic mass is 15.4. The Kier molecular flexibility index (Phi) is 2.80. The van der Waals surface area contributed by atoms with Crippen molar-refractivity contribution in [1.82, 2.24) is 4.98 Å². The summed E-state index contributed by atoms with van der Waals surface area (Å²) in [6.07, 6.45) is 1.80. The van der Waals surface area contributed by atoms with E-state index in [0.29, 0.717) is 0 Å². The van der Waals surface area contributed by atoms with E-state index in [1.54, 1.807) is 6.20 Å². The van der Waals surface area contributed by atoms with Gasteiger partial charge < -0.3 is 10.9 Å². The van der Waals surface area contributed by atoms with Crippen LogP contribution in [0.4, 0.5) is 11.4 Å². The van der Waals surface area contributed by atoms with E-state index in [9.17, 15) is 0 Å². The number of nitrogens with zero attached hydrogens (tertiary/aromatic N) is 1. The van der Waals surface area contributed by atoms with Crippen molar-refractivity contribution >= 4 is 22.3 Å². The average Bonchev–Trinajstić information content (AvgIpc) is 2.46. The molecule has 2 N–H and O–H groups in total. The Balaban J connectivity index is 1.87. The molecule has 0 saturated heterocycles. The molecule has 3 nitrogen and oxygen atoms in total. The third kappa shape index (κ3) is 2.11. The van der Waals surface area contributed by atoms with Crippen molar-refractivity contribution in [3.8, 4) is 0 Å². The van der Waals surface area contributed by atoms with Crippen molar-refractivity contribution in [2.75, 3.05) is 10.9 Å². The van der Waals surface area contributed by atoms with E-state index in [2.05, 4.69) is 21.9 Å². The molecule has 3 heteroatoms. The lowest BCUT2D eigenvalue weighted by Crippen LogP contribution is -2.08. The van der Waals surface area contributed by atoms with Crippen LogP contribution in [0.3, 0.4) is 0 Å². The number of para-hydroxylation sites is 2. The number of benzene rings is 2. The third-order valence-corrected chi connectivity index (χ3v) is 2.76. The van der Waals surface area contributed by atoms with Gasteiger partial charge in [-0.2, -0.15) is 0 Å². The molecule has 0 saturated carbocycles. The fraction of sp³-hybridized carbons (Fsp3) is 0. The van der Waals surface area contributed by atoms with Crippen LogP contribution in [-0.4, -0.2) is 4.98 Å². The molecule has 0 aliphatic rings. The quantitative estimate of drug-likeness (QED) is 0.680. The Morgan fingerprint density at radius 2 is 1.50 bits per heavy atom. The fourth-order valence-electron chi connectivity index (χ4n) is 1.87. The van der Waals surface area contributed by atoms with Gasteiger partial charge in [-0.15, -0.1) is 0 Å². The highest BCUT2D eigenvalue weighted by Gasteiger charge is 1.99. The Labute approximate surface area is 105 Å². The van der Waals surface area contributed by atoms with E-state index in [1.165, 1.54) is 0 Å². The molecular formula is C15H13N3. The maximum atomic E-state index is 4.33. The summed E-state index contributed by atoms with van der Waals surface area (Å²) < 4.78 is 0. The second-order valence-corrected chi connectivity index (χ2v) is 3.99. The Hall–Kier alpha value is -2.55. The molecule has 0 aliphatic carbocycles. The summed E-state index contributed by atoms with van der Waals surface area (Å²) >= 11 is 0. The van der Waals surface area contributed by atoms with Crippen LogP contribution >= 0.6 is 0 Å². The summed E-state index contributed by atoms with van der Waals surface area (Å²) in [6.45, 7) is 0. The van der Waals surface area contributed by atoms with Crippen LogP contribution < -0.4 is 10.9 Å². The summed E-state index contributed by atoms with van der Waals surface area (Å²) in [4.78, 5) is 4.33. The van der Waals surface area contributed by atoms with Crippen LogP contribution in [0.1, 0.15) is 0 Å². The molecule has 18 heavy (non-hydrogen) atoms. The average molecular weight is 235 g/mol. The number of pyridine rings is 1. The van der Waals surface area contributed by atoms with Gasteiger partial charge >= 0.3 is 0 Å². The van der Waals surface area contributed by atoms with E-state index in [0.717, 1.165) is 22.3 Å². The van der Waals surface area contributed by atoms with E-state index < -0.39 is 0 Å². The number of hydrazine groups is 1. The van der Waals surface area contributed by atoms with Gasteiger partial charge in [0.1, 0.15) is 0 Å². The van der Waals surface area contributed by atoms with Crippen molar-refractivity contribution in [3.05, 3.63) is 66.9 Å². The van der Waals surface area contributed by atoms with Crippen LogP contribution in [0.15, 0.2) is 66.9 Å². The lowest BCUT2D eigenvalue weighted by atomic mass is 10.2. The molecule has 3 aromatic rings. The minimum atomic E-state index is 0.984. The first-order chi connectivity index (χ1) is 8.93. The second kappa shape index (κ2) is 4.75. The van der Waals surface area contributed by atoms with Gasteiger partial charge in [-0.25, -0.2) is 0 Å². The fourth-order valence-corrected chi connectivity index (χ4v) is 1.87. The van der Waals surface area contributed by atoms with E-state index in [4.69, 9.17) is 0 Å². The van der Waals surface area contributed by atoms with Crippen molar-refractivity contribution < 1.29 is 0 Å². The lowest BCUT2D eigenvalue weighted by Gasteiger charge is -2.11. The minimum Gasteiger partial charge on any atom is -0.301 e. The number of rotatable bonds is 3. The minimum absolute atomic E-state index is 0.984. The molecular weight excluding hydrogens is 222 g/mol. The van der Waals surface area contributed by atoms with Crippen molar-refractivity contribution in [3.63, 3.8) is 0 Å². The number of fused-ring (bicyclic) bond motifs is 1. The standard InChI is InChI=1S/C15H13N3/c1-2-6-12(7-3-1)17-18-15-10-11-16-14-9-5-4-8-13(14)15/h1-11,17H,(H,16,18). The topological polar surface area (TPSA) is 37.0 Å². The summed E-state index contributed by atoms with van der Waals surface area (Å²) in [5.41, 5.74) is 9.42. The number of anilines is 2. The summed E-state index contributed by atoms with van der Waals surface area (Å²) in [5.74, 6) is 0. The van der Waals surface area contributed by atoms with Crippen molar-refractivity contribution in [1.29, 1.82) is 0 Å². The van der Waals surface area contributed by atoms with Crippen LogP contribution in [0.5, 0.6) is 0 Å². The smallest absolute Gasteiger partial charge is 0.0723 e. The molecule has 88 valence electrons. The van der Waals surface area contributed by atoms with Crippen molar-refractivity contribution in [2.24, 2.45) is 0 Å². The van der Waals surface area contributed by atoms with Crippen LogP contribution in [-0.2, 0) is 0 Å². The highest BCUT2D eigenvalue weighted by molar-refractivity contribution is 5.91. The Morgan fingerprint density at radius 3 is 2.39 bits per heavy atom. The van der Waals surface area contributed by atoms with E-state index in [-0.39, 0.29) is 0 Å². The number of hydrogen-bond donors (Lipinski definition) is 2. The lowest BCUT2D eigenvalue weighted by molar-refractivity contribution is 1.37. The zero-order chi connectivity index (χ0) is 12.2. The number of hydrogen-bond acceptors (Lipinski definition) is 3. The summed E-state index contributed by atoms with van der Waals surface area (Å²) in [5, 5.41) is 1.10. The first-order valence-corrected chi connectivity index (χ1v) is 5.84. The van der Waals surface area contributed by atoms with Crippen LogP contribution in [0, 0.1) is 0 Å². The molecule has 0 radical (unpaired) electrons. The maximum absolute atomic E-state index is 4.33. The first kappa shape index (κ1) is 10.6. The zero-order valence-electron chi connectivity index (χ0n) is 9.80. The number of aromatic nitrogens is 1. The van der Waals surface area contributed by atoms with Gasteiger partial charge in [0, 0.05) is 11.6 Å². The molecule has 0 atom stereocenters. The van der Waals surface area contributed by atoms with E-state index in [1.807, 2.05) is 54.6 Å². The maximum Gasteiger partial charge on any atom is 0.0723 e. The Bertz CT molecular complexity index is 645. The third-order valence-electron chi connectivity index (χ3n) is 2.76. The molecule has 1 aromatic heterocycles. The molecule has 0 spiro atoms. The normalized spacial score (nSPS) is 10.2. The SMILES string of the molecule is c1ccc(NNc2ccnc3ccccc23)cc1. The predicted molar refractivity (Wildman–Crippen MR) is 75.4 cm³/mol. The molecule has 3 rings (SSSR count). The molecule has 1 heterocycles. The van der Waals surface area contributed by atoms with Gasteiger partial charge in [0.2, 0.25) is 0 Å². The van der Waals surface area contributed by atoms with Gasteiger partial charge in [-0.05, 0) is 24.3 Å². The number of nitrogens with one attached hydrogen (secondary N) is 2. The molecule has 2 aromatic carbocycles. The van der Waals surface area contributed by atoms with Crippen molar-refractivity contribution in [2.45, 2.75) is 0 Å². The van der Waals surface area contributed by atoms with Gasteiger partial charge in [0.25, 0.3) is 0 Å². The largest absolute Gasteiger partial charge is 0.301 e. The monoisotopic (exact) mass is 235 g/mol. The van der Waals surface area contributed by atoms with Crippen LogP contribution in [0.25, 0.3) is 10.9 Å². The summed E-state index contributed by atoms with van der Waals surface area (Å²) in [6, 6.07) is 20.0. The zero-order valence-corrected chi connectivity index (χ0v) is 9.80. The predicted octanol–water partition coefficient (Wildman–Crippen LogP) is 3.67. The van der Waals surface area contributed by atoms with E-state index >= 15 is 0 Å². The second-order valence-electron chi connectivity index (χ2n) is 3.99. The summed E-state index contributed by atoms with van der Waals surface area (Å²) in [7, 11) is 0. The van der Waals surface area contributed by atoms with Gasteiger partial charge in [0.15, 0.2) is 0 Å². The van der Waals surface area contributed by atoms with Gasteiger partial charge in [-0.3, -0.25) is 4.98 Å².